The third-order valence-electron chi connectivity index (χ3n) is 3.46. The van der Waals surface area contributed by atoms with Crippen molar-refractivity contribution in [1.82, 2.24) is 29.5 Å². The number of fused-ring (bicyclic) bond motifs is 1. The highest BCUT2D eigenvalue weighted by atomic mass is 16.1. The van der Waals surface area contributed by atoms with Gasteiger partial charge in [0.1, 0.15) is 0 Å². The number of hydrogen-bond donors (Lipinski definition) is 1. The van der Waals surface area contributed by atoms with E-state index in [1.54, 1.807) is 12.4 Å². The number of aromatic nitrogens is 5. The highest BCUT2D eigenvalue weighted by Crippen LogP contribution is 2.21. The van der Waals surface area contributed by atoms with E-state index >= 15 is 0 Å². The van der Waals surface area contributed by atoms with Crippen LogP contribution in [0.5, 0.6) is 0 Å². The van der Waals surface area contributed by atoms with Gasteiger partial charge in [0.2, 0.25) is 5.91 Å². The van der Waals surface area contributed by atoms with Crippen LogP contribution in [0.3, 0.4) is 0 Å². The molecule has 0 saturated heterocycles. The molecule has 0 aliphatic rings. The van der Waals surface area contributed by atoms with Gasteiger partial charge < -0.3 is 5.32 Å². The SMILES string of the molecule is CC.CCNC(=O)Cc1nccn2c(-c3cnn(CC)c3)cnc12. The number of nitrogens with zero attached hydrogens (tertiary/aromatic N) is 5. The van der Waals surface area contributed by atoms with Crippen LogP contribution in [0.4, 0.5) is 0 Å². The minimum Gasteiger partial charge on any atom is -0.356 e. The second kappa shape index (κ2) is 8.24. The van der Waals surface area contributed by atoms with Crippen LogP contribution < -0.4 is 5.32 Å². The summed E-state index contributed by atoms with van der Waals surface area (Å²) in [6.45, 7) is 9.36. The summed E-state index contributed by atoms with van der Waals surface area (Å²) in [7, 11) is 0. The van der Waals surface area contributed by atoms with Crippen molar-refractivity contribution in [2.45, 2.75) is 40.7 Å². The first kappa shape index (κ1) is 17.7. The quantitative estimate of drug-likeness (QED) is 0.780. The van der Waals surface area contributed by atoms with E-state index < -0.39 is 0 Å². The zero-order valence-corrected chi connectivity index (χ0v) is 14.7. The first-order valence-electron chi connectivity index (χ1n) is 8.33. The normalized spacial score (nSPS) is 10.3. The standard InChI is InChI=1S/C15H18N6O.C2H6/c1-3-16-14(22)7-12-15-18-9-13(21(15)6-5-17-12)11-8-19-20(4-2)10-11;1-2/h5-6,8-10H,3-4,7H2,1-2H3,(H,16,22);1-2H3. The number of hydrogen-bond acceptors (Lipinski definition) is 4. The van der Waals surface area contributed by atoms with Crippen LogP contribution in [-0.4, -0.2) is 36.6 Å². The number of imidazole rings is 1. The maximum absolute atomic E-state index is 11.8. The number of carbonyl (C=O) groups is 1. The second-order valence-corrected chi connectivity index (χ2v) is 4.93. The van der Waals surface area contributed by atoms with Gasteiger partial charge >= 0.3 is 0 Å². The predicted molar refractivity (Wildman–Crippen MR) is 93.6 cm³/mol. The summed E-state index contributed by atoms with van der Waals surface area (Å²) >= 11 is 0. The fraction of sp³-hybridized carbons (Fsp3) is 0.412. The van der Waals surface area contributed by atoms with Crippen LogP contribution in [-0.2, 0) is 17.8 Å². The van der Waals surface area contributed by atoms with E-state index in [1.165, 1.54) is 0 Å². The molecular weight excluding hydrogens is 304 g/mol. The fourth-order valence-corrected chi connectivity index (χ4v) is 2.39. The smallest absolute Gasteiger partial charge is 0.226 e. The molecule has 0 aliphatic heterocycles. The number of rotatable bonds is 5. The molecule has 0 atom stereocenters. The van der Waals surface area contributed by atoms with E-state index in [0.29, 0.717) is 17.9 Å². The molecule has 0 aromatic carbocycles. The third kappa shape index (κ3) is 3.61. The van der Waals surface area contributed by atoms with Gasteiger partial charge in [0.25, 0.3) is 0 Å². The Morgan fingerprint density at radius 1 is 1.21 bits per heavy atom. The molecule has 3 heterocycles. The molecule has 7 nitrogen and oxygen atoms in total. The Bertz CT molecular complexity index is 804. The Morgan fingerprint density at radius 3 is 2.67 bits per heavy atom. The van der Waals surface area contributed by atoms with Gasteiger partial charge in [0, 0.05) is 37.2 Å². The number of likely N-dealkylation sites (N-methyl/N-ethyl adjacent to an activating group) is 1. The van der Waals surface area contributed by atoms with Crippen molar-refractivity contribution in [3.8, 4) is 11.3 Å². The van der Waals surface area contributed by atoms with E-state index in [-0.39, 0.29) is 12.3 Å². The number of amides is 1. The van der Waals surface area contributed by atoms with Gasteiger partial charge in [-0.25, -0.2) is 4.98 Å². The minimum atomic E-state index is -0.0496. The summed E-state index contributed by atoms with van der Waals surface area (Å²) < 4.78 is 3.81. The fourth-order valence-electron chi connectivity index (χ4n) is 2.39. The zero-order chi connectivity index (χ0) is 17.5. The highest BCUT2D eigenvalue weighted by Gasteiger charge is 2.13. The average molecular weight is 328 g/mol. The monoisotopic (exact) mass is 328 g/mol. The van der Waals surface area contributed by atoms with Crippen LogP contribution in [0.2, 0.25) is 0 Å². The molecule has 7 heteroatoms. The Balaban J connectivity index is 0.00000100. The Morgan fingerprint density at radius 2 is 2.00 bits per heavy atom. The minimum absolute atomic E-state index is 0.0496. The molecule has 0 bridgehead atoms. The van der Waals surface area contributed by atoms with Crippen LogP contribution in [0.25, 0.3) is 16.9 Å². The predicted octanol–water partition coefficient (Wildman–Crippen LogP) is 2.32. The summed E-state index contributed by atoms with van der Waals surface area (Å²) in [5, 5.41) is 7.07. The molecule has 128 valence electrons. The molecule has 0 saturated carbocycles. The topological polar surface area (TPSA) is 77.1 Å². The lowest BCUT2D eigenvalue weighted by atomic mass is 10.2. The van der Waals surface area contributed by atoms with Gasteiger partial charge in [-0.2, -0.15) is 5.10 Å². The largest absolute Gasteiger partial charge is 0.356 e. The number of carbonyl (C=O) groups excluding carboxylic acids is 1. The average Bonchev–Trinajstić information content (AvgIpc) is 3.23. The first-order valence-corrected chi connectivity index (χ1v) is 8.33. The molecule has 0 fully saturated rings. The van der Waals surface area contributed by atoms with Gasteiger partial charge in [-0.3, -0.25) is 18.9 Å². The number of aryl methyl sites for hydroxylation is 1. The van der Waals surface area contributed by atoms with Gasteiger partial charge in [0.15, 0.2) is 5.65 Å². The summed E-state index contributed by atoms with van der Waals surface area (Å²) in [5.74, 6) is -0.0496. The van der Waals surface area contributed by atoms with E-state index in [2.05, 4.69) is 20.4 Å². The molecule has 0 aliphatic carbocycles. The zero-order valence-electron chi connectivity index (χ0n) is 14.7. The van der Waals surface area contributed by atoms with E-state index in [4.69, 9.17) is 0 Å². The molecule has 0 spiro atoms. The third-order valence-corrected chi connectivity index (χ3v) is 3.46. The van der Waals surface area contributed by atoms with Crippen molar-refractivity contribution < 1.29 is 4.79 Å². The Labute approximate surface area is 141 Å². The second-order valence-electron chi connectivity index (χ2n) is 4.93. The number of nitrogens with one attached hydrogen (secondary N) is 1. The van der Waals surface area contributed by atoms with Crippen LogP contribution in [0, 0.1) is 0 Å². The van der Waals surface area contributed by atoms with E-state index in [1.807, 2.05) is 55.4 Å². The Hall–Kier alpha value is -2.70. The molecule has 3 aromatic rings. The lowest BCUT2D eigenvalue weighted by Gasteiger charge is -2.04. The summed E-state index contributed by atoms with van der Waals surface area (Å²) in [4.78, 5) is 20.5. The molecular formula is C17H24N6O. The Kier molecular flexibility index (Phi) is 6.06. The molecule has 3 rings (SSSR count). The van der Waals surface area contributed by atoms with Crippen molar-refractivity contribution in [3.63, 3.8) is 0 Å². The van der Waals surface area contributed by atoms with Gasteiger partial charge in [-0.1, -0.05) is 13.8 Å². The molecule has 0 radical (unpaired) electrons. The molecule has 3 aromatic heterocycles. The first-order chi connectivity index (χ1) is 11.7. The van der Waals surface area contributed by atoms with Gasteiger partial charge in [-0.05, 0) is 13.8 Å². The lowest BCUT2D eigenvalue weighted by Crippen LogP contribution is -2.25. The molecule has 1 N–H and O–H groups in total. The summed E-state index contributed by atoms with van der Waals surface area (Å²) in [5.41, 5.74) is 3.30. The van der Waals surface area contributed by atoms with Crippen LogP contribution in [0.15, 0.2) is 31.0 Å². The molecule has 24 heavy (non-hydrogen) atoms. The van der Waals surface area contributed by atoms with E-state index in [0.717, 1.165) is 17.8 Å². The van der Waals surface area contributed by atoms with Crippen LogP contribution in [0.1, 0.15) is 33.4 Å². The van der Waals surface area contributed by atoms with E-state index in [9.17, 15) is 4.79 Å². The lowest BCUT2D eigenvalue weighted by molar-refractivity contribution is -0.120. The van der Waals surface area contributed by atoms with Crippen molar-refractivity contribution >= 4 is 11.6 Å². The maximum atomic E-state index is 11.8. The highest BCUT2D eigenvalue weighted by molar-refractivity contribution is 5.80. The summed E-state index contributed by atoms with van der Waals surface area (Å²) in [6.07, 6.45) is 9.35. The van der Waals surface area contributed by atoms with Crippen molar-refractivity contribution in [2.24, 2.45) is 0 Å². The van der Waals surface area contributed by atoms with Crippen LogP contribution >= 0.6 is 0 Å². The summed E-state index contributed by atoms with van der Waals surface area (Å²) in [6, 6.07) is 0. The van der Waals surface area contributed by atoms with Gasteiger partial charge in [0.05, 0.1) is 30.2 Å². The van der Waals surface area contributed by atoms with Gasteiger partial charge in [-0.15, -0.1) is 0 Å². The molecule has 1 amide bonds. The van der Waals surface area contributed by atoms with Crippen molar-refractivity contribution in [2.75, 3.05) is 6.54 Å². The maximum Gasteiger partial charge on any atom is 0.226 e. The van der Waals surface area contributed by atoms with Crippen molar-refractivity contribution in [1.29, 1.82) is 0 Å². The molecule has 0 unspecified atom stereocenters. The van der Waals surface area contributed by atoms with Crippen molar-refractivity contribution in [3.05, 3.63) is 36.7 Å².